The first-order valence-corrected chi connectivity index (χ1v) is 13.6. The number of nitrogens with one attached hydrogen (secondary N) is 3. The number of benzene rings is 3. The summed E-state index contributed by atoms with van der Waals surface area (Å²) in [7, 11) is 1.48. The summed E-state index contributed by atoms with van der Waals surface area (Å²) >= 11 is 0. The fraction of sp³-hybridized carbons (Fsp3) is 0.194. The van der Waals surface area contributed by atoms with Crippen molar-refractivity contribution in [3.05, 3.63) is 101 Å². The molecule has 1 fully saturated rings. The van der Waals surface area contributed by atoms with Crippen molar-refractivity contribution in [1.82, 2.24) is 20.2 Å². The maximum Gasteiger partial charge on any atom is 0.254 e. The van der Waals surface area contributed by atoms with Gasteiger partial charge in [-0.25, -0.2) is 4.98 Å². The molecule has 12 nitrogen and oxygen atoms in total. The molecule has 0 radical (unpaired) electrons. The molecule has 0 aliphatic carbocycles. The van der Waals surface area contributed by atoms with Crippen LogP contribution < -0.4 is 26.4 Å². The van der Waals surface area contributed by atoms with Gasteiger partial charge in [-0.3, -0.25) is 14.4 Å². The van der Waals surface area contributed by atoms with E-state index in [4.69, 9.17) is 15.2 Å². The molecule has 0 atom stereocenters. The van der Waals surface area contributed by atoms with E-state index in [0.29, 0.717) is 61.1 Å². The highest BCUT2D eigenvalue weighted by Crippen LogP contribution is 2.30. The Morgan fingerprint density at radius 1 is 0.953 bits per heavy atom. The zero-order chi connectivity index (χ0) is 30.2. The maximum atomic E-state index is 12.9. The van der Waals surface area contributed by atoms with Crippen molar-refractivity contribution in [3.63, 3.8) is 0 Å². The lowest BCUT2D eigenvalue weighted by atomic mass is 10.1. The molecule has 3 aromatic carbocycles. The van der Waals surface area contributed by atoms with Gasteiger partial charge in [-0.1, -0.05) is 30.3 Å². The van der Waals surface area contributed by atoms with Crippen molar-refractivity contribution in [1.29, 1.82) is 0 Å². The van der Waals surface area contributed by atoms with Gasteiger partial charge in [-0.15, -0.1) is 0 Å². The summed E-state index contributed by atoms with van der Waals surface area (Å²) < 4.78 is 10.9. The van der Waals surface area contributed by atoms with Gasteiger partial charge < -0.3 is 36.1 Å². The molecule has 1 aliphatic rings. The minimum atomic E-state index is -0.724. The van der Waals surface area contributed by atoms with Crippen LogP contribution in [0.4, 0.5) is 23.1 Å². The third kappa shape index (κ3) is 7.24. The Labute approximate surface area is 248 Å². The number of nitrogens with zero attached hydrogens (tertiary/aromatic N) is 3. The highest BCUT2D eigenvalue weighted by Gasteiger charge is 2.21. The number of primary amides is 1. The van der Waals surface area contributed by atoms with Gasteiger partial charge in [-0.2, -0.15) is 4.98 Å². The lowest BCUT2D eigenvalue weighted by Crippen LogP contribution is -2.40. The van der Waals surface area contributed by atoms with Crippen LogP contribution >= 0.6 is 0 Å². The topological polar surface area (TPSA) is 161 Å². The standard InChI is InChI=1S/C31H31N7O5/c1-42-26-17-22(30(41)38-13-15-43-16-14-38)9-12-25(26)36-28-24(27(32)39)19-34-31(37-28)35-23-10-7-21(8-11-23)29(40)33-18-20-5-3-2-4-6-20/h2-12,17,19H,13-16,18H2,1H3,(H2,32,39)(H,33,40)(H2,34,35,36,37). The van der Waals surface area contributed by atoms with Gasteiger partial charge >= 0.3 is 0 Å². The van der Waals surface area contributed by atoms with Gasteiger partial charge in [0.15, 0.2) is 0 Å². The molecule has 0 spiro atoms. The Bertz CT molecular complexity index is 1610. The number of hydrogen-bond donors (Lipinski definition) is 4. The first-order valence-electron chi connectivity index (χ1n) is 13.6. The summed E-state index contributed by atoms with van der Waals surface area (Å²) in [5.74, 6) is -0.337. The number of ether oxygens (including phenoxy) is 2. The van der Waals surface area contributed by atoms with Crippen LogP contribution in [0.5, 0.6) is 5.75 Å². The summed E-state index contributed by atoms with van der Waals surface area (Å²) in [6.07, 6.45) is 1.31. The van der Waals surface area contributed by atoms with Crippen LogP contribution in [0.15, 0.2) is 79.0 Å². The van der Waals surface area contributed by atoms with Crippen molar-refractivity contribution in [2.45, 2.75) is 6.54 Å². The Kier molecular flexibility index (Phi) is 9.08. The van der Waals surface area contributed by atoms with E-state index < -0.39 is 5.91 Å². The van der Waals surface area contributed by atoms with E-state index in [0.717, 1.165) is 5.56 Å². The number of amides is 3. The highest BCUT2D eigenvalue weighted by atomic mass is 16.5. The van der Waals surface area contributed by atoms with E-state index in [2.05, 4.69) is 25.9 Å². The molecular formula is C31H31N7O5. The minimum Gasteiger partial charge on any atom is -0.495 e. The van der Waals surface area contributed by atoms with Gasteiger partial charge in [-0.05, 0) is 48.0 Å². The quantitative estimate of drug-likeness (QED) is 0.220. The molecule has 220 valence electrons. The predicted molar refractivity (Wildman–Crippen MR) is 161 cm³/mol. The van der Waals surface area contributed by atoms with E-state index >= 15 is 0 Å². The molecule has 0 bridgehead atoms. The third-order valence-corrected chi connectivity index (χ3v) is 6.75. The Morgan fingerprint density at radius 3 is 2.37 bits per heavy atom. The molecule has 0 saturated carbocycles. The van der Waals surface area contributed by atoms with Crippen LogP contribution in [-0.4, -0.2) is 66.0 Å². The average molecular weight is 582 g/mol. The third-order valence-electron chi connectivity index (χ3n) is 6.75. The van der Waals surface area contributed by atoms with E-state index in [-0.39, 0.29) is 29.1 Å². The number of carbonyl (C=O) groups is 3. The van der Waals surface area contributed by atoms with Crippen LogP contribution in [0.1, 0.15) is 36.6 Å². The van der Waals surface area contributed by atoms with Crippen molar-refractivity contribution in [2.75, 3.05) is 44.0 Å². The molecule has 5 rings (SSSR count). The minimum absolute atomic E-state index is 0.0616. The first kappa shape index (κ1) is 29.0. The summed E-state index contributed by atoms with van der Waals surface area (Å²) in [5.41, 5.74) is 8.71. The van der Waals surface area contributed by atoms with Gasteiger partial charge in [0.05, 0.1) is 26.0 Å². The van der Waals surface area contributed by atoms with Crippen molar-refractivity contribution >= 4 is 40.9 Å². The number of methoxy groups -OCH3 is 1. The van der Waals surface area contributed by atoms with Crippen LogP contribution in [0.3, 0.4) is 0 Å². The number of anilines is 4. The molecule has 1 aliphatic heterocycles. The Hall–Kier alpha value is -5.49. The fourth-order valence-electron chi connectivity index (χ4n) is 4.44. The van der Waals surface area contributed by atoms with Crippen LogP contribution in [0, 0.1) is 0 Å². The highest BCUT2D eigenvalue weighted by molar-refractivity contribution is 5.99. The van der Waals surface area contributed by atoms with Crippen molar-refractivity contribution in [3.8, 4) is 5.75 Å². The lowest BCUT2D eigenvalue weighted by Gasteiger charge is -2.27. The SMILES string of the molecule is COc1cc(C(=O)N2CCOCC2)ccc1Nc1nc(Nc2ccc(C(=O)NCc3ccccc3)cc2)ncc1C(N)=O. The molecule has 2 heterocycles. The van der Waals surface area contributed by atoms with E-state index in [1.54, 1.807) is 47.4 Å². The summed E-state index contributed by atoms with van der Waals surface area (Å²) in [5, 5.41) is 9.05. The largest absolute Gasteiger partial charge is 0.495 e. The van der Waals surface area contributed by atoms with Crippen molar-refractivity contribution < 1.29 is 23.9 Å². The Morgan fingerprint density at radius 2 is 1.67 bits per heavy atom. The number of nitrogens with two attached hydrogens (primary N) is 1. The number of morpholine rings is 1. The molecule has 1 aromatic heterocycles. The van der Waals surface area contributed by atoms with E-state index in [9.17, 15) is 14.4 Å². The van der Waals surface area contributed by atoms with Crippen LogP contribution in [-0.2, 0) is 11.3 Å². The second kappa shape index (κ2) is 13.4. The number of hydrogen-bond acceptors (Lipinski definition) is 9. The lowest BCUT2D eigenvalue weighted by molar-refractivity contribution is 0.0302. The zero-order valence-electron chi connectivity index (χ0n) is 23.5. The number of aromatic nitrogens is 2. The maximum absolute atomic E-state index is 12.9. The molecule has 0 unspecified atom stereocenters. The Balaban J connectivity index is 1.29. The molecule has 3 amide bonds. The van der Waals surface area contributed by atoms with Gasteiger partial charge in [0.2, 0.25) is 5.95 Å². The average Bonchev–Trinajstić information content (AvgIpc) is 3.04. The summed E-state index contributed by atoms with van der Waals surface area (Å²) in [6.45, 7) is 2.45. The van der Waals surface area contributed by atoms with Gasteiger partial charge in [0.25, 0.3) is 17.7 Å². The number of rotatable bonds is 10. The van der Waals surface area contributed by atoms with Gasteiger partial charge in [0.1, 0.15) is 17.1 Å². The smallest absolute Gasteiger partial charge is 0.254 e. The van der Waals surface area contributed by atoms with E-state index in [1.165, 1.54) is 13.3 Å². The predicted octanol–water partition coefficient (Wildman–Crippen LogP) is 3.47. The molecule has 43 heavy (non-hydrogen) atoms. The molecule has 12 heteroatoms. The summed E-state index contributed by atoms with van der Waals surface area (Å²) in [4.78, 5) is 48.0. The van der Waals surface area contributed by atoms with Crippen LogP contribution in [0.2, 0.25) is 0 Å². The number of carbonyl (C=O) groups excluding carboxylic acids is 3. The molecular weight excluding hydrogens is 550 g/mol. The van der Waals surface area contributed by atoms with E-state index in [1.807, 2.05) is 30.3 Å². The zero-order valence-corrected chi connectivity index (χ0v) is 23.5. The monoisotopic (exact) mass is 581 g/mol. The van der Waals surface area contributed by atoms with Crippen LogP contribution in [0.25, 0.3) is 0 Å². The normalized spacial score (nSPS) is 12.7. The first-order chi connectivity index (χ1) is 20.9. The fourth-order valence-corrected chi connectivity index (χ4v) is 4.44. The van der Waals surface area contributed by atoms with Crippen molar-refractivity contribution in [2.24, 2.45) is 5.73 Å². The second-order valence-corrected chi connectivity index (χ2v) is 9.64. The second-order valence-electron chi connectivity index (χ2n) is 9.64. The van der Waals surface area contributed by atoms with Gasteiger partial charge in [0, 0.05) is 42.6 Å². The molecule has 5 N–H and O–H groups in total. The molecule has 1 saturated heterocycles. The summed E-state index contributed by atoms with van der Waals surface area (Å²) in [6, 6.07) is 21.4. The molecule has 4 aromatic rings.